The van der Waals surface area contributed by atoms with Gasteiger partial charge in [-0.05, 0) is 12.8 Å². The number of carbonyl (C=O) groups is 2. The number of amides is 1. The topological polar surface area (TPSA) is 69.6 Å². The molecule has 1 amide bonds. The van der Waals surface area contributed by atoms with Crippen molar-refractivity contribution >= 4 is 11.9 Å². The van der Waals surface area contributed by atoms with E-state index >= 15 is 0 Å². The lowest BCUT2D eigenvalue weighted by Crippen LogP contribution is -2.50. The van der Waals surface area contributed by atoms with E-state index in [1.807, 2.05) is 0 Å². The Bertz CT molecular complexity index is 267. The number of piperazine rings is 1. The van der Waals surface area contributed by atoms with E-state index in [0.29, 0.717) is 25.9 Å². The van der Waals surface area contributed by atoms with Gasteiger partial charge in [-0.25, -0.2) is 0 Å². The molecule has 2 N–H and O–H groups in total. The van der Waals surface area contributed by atoms with Crippen molar-refractivity contribution in [1.82, 2.24) is 10.2 Å². The van der Waals surface area contributed by atoms with E-state index in [1.165, 1.54) is 0 Å². The van der Waals surface area contributed by atoms with E-state index in [-0.39, 0.29) is 5.91 Å². The van der Waals surface area contributed by atoms with Crippen LogP contribution in [0.25, 0.3) is 0 Å². The van der Waals surface area contributed by atoms with Gasteiger partial charge in [-0.3, -0.25) is 9.59 Å². The van der Waals surface area contributed by atoms with Crippen LogP contribution >= 0.6 is 0 Å². The van der Waals surface area contributed by atoms with Crippen molar-refractivity contribution in [1.29, 1.82) is 0 Å². The zero-order valence-electron chi connectivity index (χ0n) is 7.95. The van der Waals surface area contributed by atoms with Crippen LogP contribution in [0.4, 0.5) is 0 Å². The number of hydrogen-bond donors (Lipinski definition) is 2. The number of nitrogens with one attached hydrogen (secondary N) is 1. The highest BCUT2D eigenvalue weighted by Gasteiger charge is 2.58. The summed E-state index contributed by atoms with van der Waals surface area (Å²) in [6, 6.07) is 0. The smallest absolute Gasteiger partial charge is 0.319 e. The first-order valence-corrected chi connectivity index (χ1v) is 4.90. The third-order valence-corrected chi connectivity index (χ3v) is 2.97. The van der Waals surface area contributed by atoms with Crippen LogP contribution in [0.2, 0.25) is 0 Å². The van der Waals surface area contributed by atoms with Crippen molar-refractivity contribution in [3.8, 4) is 0 Å². The van der Waals surface area contributed by atoms with Gasteiger partial charge in [-0.2, -0.15) is 0 Å². The molecule has 2 fully saturated rings. The second-order valence-electron chi connectivity index (χ2n) is 3.93. The lowest BCUT2D eigenvalue weighted by atomic mass is 10.1. The largest absolute Gasteiger partial charge is 0.480 e. The number of rotatable bonds is 2. The highest BCUT2D eigenvalue weighted by atomic mass is 16.4. The van der Waals surface area contributed by atoms with Gasteiger partial charge in [0, 0.05) is 26.2 Å². The summed E-state index contributed by atoms with van der Waals surface area (Å²) in [5.41, 5.74) is -1.06. The molecule has 0 aromatic carbocycles. The van der Waals surface area contributed by atoms with E-state index in [2.05, 4.69) is 5.32 Å². The number of aliphatic carboxylic acids is 1. The summed E-state index contributed by atoms with van der Waals surface area (Å²) >= 11 is 0. The van der Waals surface area contributed by atoms with E-state index < -0.39 is 11.4 Å². The van der Waals surface area contributed by atoms with Gasteiger partial charge in [0.2, 0.25) is 5.91 Å². The fourth-order valence-electron chi connectivity index (χ4n) is 1.81. The standard InChI is InChI=1S/C9H14N2O3/c12-7(9(1-2-9)8(13)14)11-5-3-10-4-6-11/h10H,1-6H2,(H,13,14). The predicted molar refractivity (Wildman–Crippen MR) is 48.8 cm³/mol. The molecule has 0 atom stereocenters. The molecular weight excluding hydrogens is 184 g/mol. The number of carboxylic acid groups (broad SMARTS) is 1. The molecule has 2 rings (SSSR count). The fraction of sp³-hybridized carbons (Fsp3) is 0.778. The summed E-state index contributed by atoms with van der Waals surface area (Å²) in [5.74, 6) is -1.15. The summed E-state index contributed by atoms with van der Waals surface area (Å²) in [6.45, 7) is 2.80. The predicted octanol–water partition coefficient (Wildman–Crippen LogP) is -0.717. The Balaban J connectivity index is 2.04. The van der Waals surface area contributed by atoms with Crippen molar-refractivity contribution in [2.75, 3.05) is 26.2 Å². The van der Waals surface area contributed by atoms with E-state index in [1.54, 1.807) is 4.90 Å². The van der Waals surface area contributed by atoms with Crippen LogP contribution in [-0.4, -0.2) is 48.1 Å². The average Bonchev–Trinajstić information content (AvgIpc) is 2.99. The van der Waals surface area contributed by atoms with Crippen LogP contribution in [-0.2, 0) is 9.59 Å². The van der Waals surface area contributed by atoms with E-state index in [4.69, 9.17) is 5.11 Å². The molecule has 5 heteroatoms. The molecule has 0 spiro atoms. The molecule has 1 saturated carbocycles. The quantitative estimate of drug-likeness (QED) is 0.575. The molecule has 1 saturated heterocycles. The summed E-state index contributed by atoms with van der Waals surface area (Å²) in [7, 11) is 0. The van der Waals surface area contributed by atoms with Gasteiger partial charge in [-0.1, -0.05) is 0 Å². The first-order chi connectivity index (χ1) is 6.67. The second kappa shape index (κ2) is 3.24. The molecule has 1 aliphatic carbocycles. The van der Waals surface area contributed by atoms with Gasteiger partial charge in [0.05, 0.1) is 0 Å². The third kappa shape index (κ3) is 1.37. The Labute approximate surface area is 82.1 Å². The monoisotopic (exact) mass is 198 g/mol. The number of carboxylic acids is 1. The van der Waals surface area contributed by atoms with Crippen molar-refractivity contribution in [3.63, 3.8) is 0 Å². The van der Waals surface area contributed by atoms with E-state index in [0.717, 1.165) is 13.1 Å². The molecule has 1 heterocycles. The Hall–Kier alpha value is -1.10. The van der Waals surface area contributed by atoms with Crippen LogP contribution in [0.15, 0.2) is 0 Å². The second-order valence-corrected chi connectivity index (χ2v) is 3.93. The van der Waals surface area contributed by atoms with Crippen LogP contribution in [0.1, 0.15) is 12.8 Å². The summed E-state index contributed by atoms with van der Waals surface area (Å²) in [6.07, 6.45) is 1.01. The molecule has 0 unspecified atom stereocenters. The first kappa shape index (κ1) is 9.45. The Kier molecular flexibility index (Phi) is 2.19. The zero-order chi connectivity index (χ0) is 10.2. The molecule has 0 bridgehead atoms. The molecule has 5 nitrogen and oxygen atoms in total. The van der Waals surface area contributed by atoms with Crippen molar-refractivity contribution in [2.45, 2.75) is 12.8 Å². The van der Waals surface area contributed by atoms with Gasteiger partial charge >= 0.3 is 5.97 Å². The maximum Gasteiger partial charge on any atom is 0.319 e. The summed E-state index contributed by atoms with van der Waals surface area (Å²) in [4.78, 5) is 24.4. The zero-order valence-corrected chi connectivity index (χ0v) is 7.95. The Morgan fingerprint density at radius 2 is 1.79 bits per heavy atom. The average molecular weight is 198 g/mol. The fourth-order valence-corrected chi connectivity index (χ4v) is 1.81. The molecule has 2 aliphatic rings. The van der Waals surface area contributed by atoms with Crippen LogP contribution in [0, 0.1) is 5.41 Å². The molecule has 14 heavy (non-hydrogen) atoms. The van der Waals surface area contributed by atoms with Crippen LogP contribution in [0.3, 0.4) is 0 Å². The number of nitrogens with zero attached hydrogens (tertiary/aromatic N) is 1. The SMILES string of the molecule is O=C(O)C1(C(=O)N2CCNCC2)CC1. The summed E-state index contributed by atoms with van der Waals surface area (Å²) in [5, 5.41) is 12.1. The summed E-state index contributed by atoms with van der Waals surface area (Å²) < 4.78 is 0. The van der Waals surface area contributed by atoms with Crippen molar-refractivity contribution in [3.05, 3.63) is 0 Å². The Morgan fingerprint density at radius 1 is 1.21 bits per heavy atom. The molecule has 0 aromatic heterocycles. The van der Waals surface area contributed by atoms with Crippen LogP contribution in [0.5, 0.6) is 0 Å². The van der Waals surface area contributed by atoms with Gasteiger partial charge in [-0.15, -0.1) is 0 Å². The lowest BCUT2D eigenvalue weighted by molar-refractivity contribution is -0.153. The maximum atomic E-state index is 11.8. The maximum absolute atomic E-state index is 11.8. The highest BCUT2D eigenvalue weighted by molar-refractivity contribution is 6.04. The normalized spacial score (nSPS) is 24.4. The minimum Gasteiger partial charge on any atom is -0.480 e. The van der Waals surface area contributed by atoms with Gasteiger partial charge in [0.1, 0.15) is 5.41 Å². The third-order valence-electron chi connectivity index (χ3n) is 2.97. The van der Waals surface area contributed by atoms with Crippen molar-refractivity contribution < 1.29 is 14.7 Å². The number of carbonyl (C=O) groups excluding carboxylic acids is 1. The minimum absolute atomic E-state index is 0.188. The highest BCUT2D eigenvalue weighted by Crippen LogP contribution is 2.47. The minimum atomic E-state index is -1.06. The van der Waals surface area contributed by atoms with Gasteiger partial charge in [0.25, 0.3) is 0 Å². The molecule has 78 valence electrons. The molecule has 0 aromatic rings. The van der Waals surface area contributed by atoms with Crippen LogP contribution < -0.4 is 5.32 Å². The van der Waals surface area contributed by atoms with Crippen molar-refractivity contribution in [2.24, 2.45) is 5.41 Å². The van der Waals surface area contributed by atoms with Gasteiger partial charge < -0.3 is 15.3 Å². The Morgan fingerprint density at radius 3 is 2.21 bits per heavy atom. The molecular formula is C9H14N2O3. The lowest BCUT2D eigenvalue weighted by Gasteiger charge is -2.29. The van der Waals surface area contributed by atoms with Gasteiger partial charge in [0.15, 0.2) is 0 Å². The molecule has 1 aliphatic heterocycles. The van der Waals surface area contributed by atoms with E-state index in [9.17, 15) is 9.59 Å². The number of hydrogen-bond acceptors (Lipinski definition) is 3. The first-order valence-electron chi connectivity index (χ1n) is 4.90. The molecule has 0 radical (unpaired) electrons.